The lowest BCUT2D eigenvalue weighted by molar-refractivity contribution is -0.142. The van der Waals surface area contributed by atoms with E-state index >= 15 is 0 Å². The Morgan fingerprint density at radius 3 is 2.85 bits per heavy atom. The van der Waals surface area contributed by atoms with Crippen molar-refractivity contribution in [2.75, 3.05) is 5.32 Å². The van der Waals surface area contributed by atoms with Crippen LogP contribution in [0, 0.1) is 12.8 Å². The molecule has 3 heteroatoms. The number of carboxylic acids is 1. The minimum absolute atomic E-state index is 0.676. The Morgan fingerprint density at radius 1 is 1.40 bits per heavy atom. The van der Waals surface area contributed by atoms with Crippen LogP contribution in [0.25, 0.3) is 0 Å². The molecule has 1 aliphatic rings. The van der Waals surface area contributed by atoms with Crippen LogP contribution < -0.4 is 5.32 Å². The van der Waals surface area contributed by atoms with Gasteiger partial charge in [-0.15, -0.1) is 0 Å². The molecule has 0 spiro atoms. The van der Waals surface area contributed by atoms with Gasteiger partial charge in [0, 0.05) is 5.69 Å². The topological polar surface area (TPSA) is 49.3 Å². The van der Waals surface area contributed by atoms with E-state index in [1.165, 1.54) is 0 Å². The van der Waals surface area contributed by atoms with E-state index < -0.39 is 11.5 Å². The zero-order valence-corrected chi connectivity index (χ0v) is 12.5. The molecule has 0 heterocycles. The first kappa shape index (κ1) is 14.9. The third-order valence-electron chi connectivity index (χ3n) is 4.58. The average Bonchev–Trinajstić information content (AvgIpc) is 2.62. The second kappa shape index (κ2) is 6.29. The summed E-state index contributed by atoms with van der Waals surface area (Å²) in [6, 6.07) is 7.98. The largest absolute Gasteiger partial charge is 0.480 e. The van der Waals surface area contributed by atoms with Crippen LogP contribution >= 0.6 is 0 Å². The molecule has 1 saturated carbocycles. The van der Waals surface area contributed by atoms with E-state index in [2.05, 4.69) is 12.2 Å². The fourth-order valence-electron chi connectivity index (χ4n) is 3.21. The lowest BCUT2D eigenvalue weighted by Gasteiger charge is -2.30. The molecule has 1 aromatic rings. The molecule has 0 saturated heterocycles. The first-order valence-corrected chi connectivity index (χ1v) is 7.64. The monoisotopic (exact) mass is 275 g/mol. The maximum absolute atomic E-state index is 11.9. The highest BCUT2D eigenvalue weighted by Gasteiger charge is 2.39. The molecule has 1 fully saturated rings. The quantitative estimate of drug-likeness (QED) is 0.809. The van der Waals surface area contributed by atoms with Crippen LogP contribution in [-0.2, 0) is 4.79 Å². The number of carbonyl (C=O) groups is 1. The molecule has 1 aromatic carbocycles. The summed E-state index contributed by atoms with van der Waals surface area (Å²) in [5.74, 6) is -0.0358. The maximum atomic E-state index is 11.9. The standard InChI is InChI=1S/C17H25NO2/c1-3-14-7-5-10-17(11-9-14,16(19)20)18-15-8-4-6-13(2)12-15/h4,6,8,12,14,18H,3,5,7,9-11H2,1-2H3,(H,19,20). The summed E-state index contributed by atoms with van der Waals surface area (Å²) < 4.78 is 0. The van der Waals surface area contributed by atoms with Gasteiger partial charge in [-0.1, -0.05) is 38.3 Å². The summed E-state index contributed by atoms with van der Waals surface area (Å²) in [6.45, 7) is 4.23. The number of aliphatic carboxylic acids is 1. The van der Waals surface area contributed by atoms with Crippen LogP contribution in [-0.4, -0.2) is 16.6 Å². The van der Waals surface area contributed by atoms with E-state index in [0.29, 0.717) is 12.3 Å². The van der Waals surface area contributed by atoms with Gasteiger partial charge in [0.2, 0.25) is 0 Å². The third kappa shape index (κ3) is 3.33. The zero-order valence-electron chi connectivity index (χ0n) is 12.5. The Kier molecular flexibility index (Phi) is 4.69. The van der Waals surface area contributed by atoms with Gasteiger partial charge in [0.05, 0.1) is 0 Å². The molecular weight excluding hydrogens is 250 g/mol. The predicted octanol–water partition coefficient (Wildman–Crippen LogP) is 4.22. The van der Waals surface area contributed by atoms with Gasteiger partial charge in [-0.2, -0.15) is 0 Å². The summed E-state index contributed by atoms with van der Waals surface area (Å²) in [7, 11) is 0. The first-order valence-electron chi connectivity index (χ1n) is 7.64. The van der Waals surface area contributed by atoms with Crippen LogP contribution in [0.4, 0.5) is 5.69 Å². The molecule has 1 aliphatic carbocycles. The smallest absolute Gasteiger partial charge is 0.329 e. The molecular formula is C17H25NO2. The Balaban J connectivity index is 2.19. The van der Waals surface area contributed by atoms with E-state index in [1.807, 2.05) is 31.2 Å². The number of benzene rings is 1. The van der Waals surface area contributed by atoms with Gasteiger partial charge >= 0.3 is 5.97 Å². The highest BCUT2D eigenvalue weighted by Crippen LogP contribution is 2.34. The number of hydrogen-bond donors (Lipinski definition) is 2. The number of carboxylic acid groups (broad SMARTS) is 1. The number of nitrogens with one attached hydrogen (secondary N) is 1. The number of hydrogen-bond acceptors (Lipinski definition) is 2. The SMILES string of the molecule is CCC1CCCC(Nc2cccc(C)c2)(C(=O)O)CC1. The lowest BCUT2D eigenvalue weighted by Crippen LogP contribution is -2.46. The van der Waals surface area contributed by atoms with Gasteiger partial charge in [0.1, 0.15) is 5.54 Å². The summed E-state index contributed by atoms with van der Waals surface area (Å²) in [5.41, 5.74) is 1.27. The normalized spacial score (nSPS) is 26.8. The Morgan fingerprint density at radius 2 is 2.20 bits per heavy atom. The van der Waals surface area contributed by atoms with Gasteiger partial charge in [-0.05, 0) is 49.8 Å². The maximum Gasteiger partial charge on any atom is 0.329 e. The predicted molar refractivity (Wildman–Crippen MR) is 82.0 cm³/mol. The highest BCUT2D eigenvalue weighted by molar-refractivity contribution is 5.82. The van der Waals surface area contributed by atoms with Crippen molar-refractivity contribution in [3.63, 3.8) is 0 Å². The summed E-state index contributed by atoms with van der Waals surface area (Å²) in [4.78, 5) is 11.9. The molecule has 110 valence electrons. The van der Waals surface area contributed by atoms with Gasteiger partial charge in [0.25, 0.3) is 0 Å². The number of anilines is 1. The van der Waals surface area contributed by atoms with Gasteiger partial charge < -0.3 is 10.4 Å². The van der Waals surface area contributed by atoms with Crippen molar-refractivity contribution in [3.8, 4) is 0 Å². The van der Waals surface area contributed by atoms with E-state index in [1.54, 1.807) is 0 Å². The van der Waals surface area contributed by atoms with Crippen LogP contribution in [0.1, 0.15) is 51.0 Å². The van der Waals surface area contributed by atoms with Gasteiger partial charge in [-0.25, -0.2) is 4.79 Å². The van der Waals surface area contributed by atoms with Gasteiger partial charge in [-0.3, -0.25) is 0 Å². The molecule has 2 rings (SSSR count). The molecule has 2 unspecified atom stereocenters. The zero-order chi connectivity index (χ0) is 14.6. The number of rotatable bonds is 4. The van der Waals surface area contributed by atoms with E-state index in [9.17, 15) is 9.90 Å². The minimum atomic E-state index is -0.794. The van der Waals surface area contributed by atoms with Crippen LogP contribution in [0.3, 0.4) is 0 Å². The molecule has 0 radical (unpaired) electrons. The molecule has 0 amide bonds. The molecule has 3 nitrogen and oxygen atoms in total. The van der Waals surface area contributed by atoms with Crippen molar-refractivity contribution in [2.24, 2.45) is 5.92 Å². The Labute approximate surface area is 121 Å². The number of aryl methyl sites for hydroxylation is 1. The molecule has 20 heavy (non-hydrogen) atoms. The van der Waals surface area contributed by atoms with E-state index in [-0.39, 0.29) is 0 Å². The van der Waals surface area contributed by atoms with Crippen molar-refractivity contribution in [1.29, 1.82) is 0 Å². The van der Waals surface area contributed by atoms with Crippen LogP contribution in [0.2, 0.25) is 0 Å². The molecule has 0 aliphatic heterocycles. The molecule has 0 bridgehead atoms. The van der Waals surface area contributed by atoms with Crippen molar-refractivity contribution in [1.82, 2.24) is 0 Å². The molecule has 2 N–H and O–H groups in total. The highest BCUT2D eigenvalue weighted by atomic mass is 16.4. The Hall–Kier alpha value is -1.51. The fraction of sp³-hybridized carbons (Fsp3) is 0.588. The van der Waals surface area contributed by atoms with Crippen molar-refractivity contribution >= 4 is 11.7 Å². The Bertz CT molecular complexity index is 472. The minimum Gasteiger partial charge on any atom is -0.480 e. The second-order valence-electron chi connectivity index (χ2n) is 6.09. The van der Waals surface area contributed by atoms with Gasteiger partial charge in [0.15, 0.2) is 0 Å². The summed E-state index contributed by atoms with van der Waals surface area (Å²) in [6.07, 6.45) is 5.73. The summed E-state index contributed by atoms with van der Waals surface area (Å²) in [5, 5.41) is 13.1. The summed E-state index contributed by atoms with van der Waals surface area (Å²) >= 11 is 0. The fourth-order valence-corrected chi connectivity index (χ4v) is 3.21. The van der Waals surface area contributed by atoms with Crippen LogP contribution in [0.5, 0.6) is 0 Å². The molecule has 0 aromatic heterocycles. The average molecular weight is 275 g/mol. The lowest BCUT2D eigenvalue weighted by atomic mass is 9.89. The van der Waals surface area contributed by atoms with Crippen molar-refractivity contribution in [3.05, 3.63) is 29.8 Å². The third-order valence-corrected chi connectivity index (χ3v) is 4.58. The first-order chi connectivity index (χ1) is 9.55. The van der Waals surface area contributed by atoms with E-state index in [0.717, 1.165) is 43.4 Å². The van der Waals surface area contributed by atoms with Crippen molar-refractivity contribution < 1.29 is 9.90 Å². The second-order valence-corrected chi connectivity index (χ2v) is 6.09. The van der Waals surface area contributed by atoms with Crippen LogP contribution in [0.15, 0.2) is 24.3 Å². The van der Waals surface area contributed by atoms with Crippen molar-refractivity contribution in [2.45, 2.75) is 57.9 Å². The van der Waals surface area contributed by atoms with E-state index in [4.69, 9.17) is 0 Å². The molecule has 2 atom stereocenters.